The summed E-state index contributed by atoms with van der Waals surface area (Å²) in [7, 11) is 0. The van der Waals surface area contributed by atoms with Crippen LogP contribution in [0.15, 0.2) is 36.4 Å². The zero-order valence-corrected chi connectivity index (χ0v) is 21.2. The number of ether oxygens (including phenoxy) is 6. The van der Waals surface area contributed by atoms with Crippen LogP contribution in [-0.2, 0) is 40.5 Å². The maximum Gasteiger partial charge on any atom is 0.0703 e. The third kappa shape index (κ3) is 7.23. The average molecular weight is 488 g/mol. The Hall–Kier alpha value is -1.58. The molecule has 2 aliphatic heterocycles. The maximum atomic E-state index is 6.28. The number of hydrogen-bond donors (Lipinski definition) is 0. The van der Waals surface area contributed by atoms with Gasteiger partial charge in [0.1, 0.15) is 0 Å². The van der Waals surface area contributed by atoms with Crippen molar-refractivity contribution in [3.63, 3.8) is 0 Å². The van der Waals surface area contributed by atoms with Crippen LogP contribution in [0, 0.1) is 0 Å². The predicted molar refractivity (Wildman–Crippen MR) is 136 cm³/mol. The maximum absolute atomic E-state index is 6.28. The van der Waals surface area contributed by atoms with Gasteiger partial charge in [-0.3, -0.25) is 4.90 Å². The molecule has 4 rings (SSSR count). The number of fused-ring (bicyclic) bond motifs is 4. The van der Waals surface area contributed by atoms with Crippen LogP contribution in [0.4, 0.5) is 0 Å². The fourth-order valence-corrected chi connectivity index (χ4v) is 5.13. The monoisotopic (exact) mass is 487 g/mol. The van der Waals surface area contributed by atoms with Crippen molar-refractivity contribution in [3.8, 4) is 0 Å². The van der Waals surface area contributed by atoms with E-state index in [-0.39, 0.29) is 5.54 Å². The largest absolute Gasteiger partial charge is 0.378 e. The summed E-state index contributed by atoms with van der Waals surface area (Å²) in [6.07, 6.45) is 2.12. The number of benzene rings is 2. The second kappa shape index (κ2) is 14.2. The van der Waals surface area contributed by atoms with Crippen LogP contribution in [0.2, 0.25) is 0 Å². The molecule has 0 aromatic heterocycles. The highest BCUT2D eigenvalue weighted by Gasteiger charge is 2.44. The molecule has 1 atom stereocenters. The van der Waals surface area contributed by atoms with E-state index in [0.29, 0.717) is 79.3 Å². The first kappa shape index (κ1) is 26.5. The Balaban J connectivity index is 1.47. The van der Waals surface area contributed by atoms with Crippen molar-refractivity contribution in [2.75, 3.05) is 85.8 Å². The van der Waals surface area contributed by atoms with Crippen molar-refractivity contribution in [3.05, 3.63) is 47.5 Å². The van der Waals surface area contributed by atoms with E-state index in [0.717, 1.165) is 25.9 Å². The van der Waals surface area contributed by atoms with Crippen molar-refractivity contribution in [2.45, 2.75) is 31.8 Å². The standard InChI is InChI=1S/C28H41NO6/c1-2-7-28-23-35-19-18-34-17-16-33-15-14-32-13-12-31-11-10-30-9-8-29(28)22-26-20-24-5-3-4-6-25(24)21-27(26)28/h3-6,20-21H,2,7-19,22-23H2,1H3. The van der Waals surface area contributed by atoms with Gasteiger partial charge in [0.15, 0.2) is 0 Å². The van der Waals surface area contributed by atoms with Gasteiger partial charge in [0.05, 0.1) is 84.8 Å². The van der Waals surface area contributed by atoms with Gasteiger partial charge >= 0.3 is 0 Å². The molecule has 0 spiro atoms. The molecular formula is C28H41NO6. The summed E-state index contributed by atoms with van der Waals surface area (Å²) in [6.45, 7) is 11.0. The molecule has 0 amide bonds. The highest BCUT2D eigenvalue weighted by Crippen LogP contribution is 2.44. The Labute approximate surface area is 209 Å². The van der Waals surface area contributed by atoms with E-state index in [2.05, 4.69) is 48.2 Å². The van der Waals surface area contributed by atoms with Crippen LogP contribution in [0.5, 0.6) is 0 Å². The zero-order chi connectivity index (χ0) is 24.2. The van der Waals surface area contributed by atoms with Gasteiger partial charge in [0.2, 0.25) is 0 Å². The molecule has 0 N–H and O–H groups in total. The van der Waals surface area contributed by atoms with E-state index in [1.807, 2.05) is 0 Å². The molecule has 0 saturated carbocycles. The van der Waals surface area contributed by atoms with Crippen molar-refractivity contribution < 1.29 is 28.4 Å². The van der Waals surface area contributed by atoms with Crippen molar-refractivity contribution >= 4 is 10.8 Å². The number of rotatable bonds is 2. The van der Waals surface area contributed by atoms with E-state index in [9.17, 15) is 0 Å². The molecule has 1 fully saturated rings. The lowest BCUT2D eigenvalue weighted by Gasteiger charge is -2.39. The fourth-order valence-electron chi connectivity index (χ4n) is 5.13. The van der Waals surface area contributed by atoms with Gasteiger partial charge in [-0.25, -0.2) is 0 Å². The minimum atomic E-state index is -0.160. The minimum Gasteiger partial charge on any atom is -0.378 e. The molecule has 35 heavy (non-hydrogen) atoms. The highest BCUT2D eigenvalue weighted by molar-refractivity contribution is 5.84. The molecule has 0 bridgehead atoms. The summed E-state index contributed by atoms with van der Waals surface area (Å²) in [5.41, 5.74) is 2.63. The van der Waals surface area contributed by atoms with Crippen LogP contribution in [0.25, 0.3) is 10.8 Å². The molecular weight excluding hydrogens is 446 g/mol. The molecule has 194 valence electrons. The van der Waals surface area contributed by atoms with E-state index in [1.54, 1.807) is 0 Å². The first-order valence-electron chi connectivity index (χ1n) is 13.1. The minimum absolute atomic E-state index is 0.160. The normalized spacial score (nSPS) is 24.9. The topological polar surface area (TPSA) is 58.6 Å². The lowest BCUT2D eigenvalue weighted by molar-refractivity contribution is -0.0441. The Morgan fingerprint density at radius 1 is 0.686 bits per heavy atom. The second-order valence-electron chi connectivity index (χ2n) is 9.17. The van der Waals surface area contributed by atoms with E-state index < -0.39 is 0 Å². The molecule has 7 heteroatoms. The molecule has 0 aliphatic carbocycles. The van der Waals surface area contributed by atoms with Crippen molar-refractivity contribution in [2.24, 2.45) is 0 Å². The molecule has 2 heterocycles. The summed E-state index contributed by atoms with van der Waals surface area (Å²) < 4.78 is 34.6. The third-order valence-corrected chi connectivity index (χ3v) is 6.81. The molecule has 2 aromatic carbocycles. The Bertz CT molecular complexity index is 893. The summed E-state index contributed by atoms with van der Waals surface area (Å²) in [6, 6.07) is 13.4. The second-order valence-corrected chi connectivity index (χ2v) is 9.17. The lowest BCUT2D eigenvalue weighted by atomic mass is 9.84. The predicted octanol–water partition coefficient (Wildman–Crippen LogP) is 3.76. The summed E-state index contributed by atoms with van der Waals surface area (Å²) >= 11 is 0. The molecule has 7 nitrogen and oxygen atoms in total. The number of nitrogens with zero attached hydrogens (tertiary/aromatic N) is 1. The molecule has 2 aliphatic rings. The van der Waals surface area contributed by atoms with Crippen molar-refractivity contribution in [1.29, 1.82) is 0 Å². The first-order chi connectivity index (χ1) is 17.3. The summed E-state index contributed by atoms with van der Waals surface area (Å²) in [4.78, 5) is 2.56. The van der Waals surface area contributed by atoms with Crippen LogP contribution in [-0.4, -0.2) is 90.7 Å². The molecule has 2 aromatic rings. The van der Waals surface area contributed by atoms with Gasteiger partial charge in [-0.05, 0) is 40.5 Å². The fraction of sp³-hybridized carbons (Fsp3) is 0.643. The Morgan fingerprint density at radius 3 is 1.77 bits per heavy atom. The Kier molecular flexibility index (Phi) is 10.8. The molecule has 1 saturated heterocycles. The van der Waals surface area contributed by atoms with Gasteiger partial charge in [-0.1, -0.05) is 37.6 Å². The third-order valence-electron chi connectivity index (χ3n) is 6.81. The molecule has 1 unspecified atom stereocenters. The smallest absolute Gasteiger partial charge is 0.0703 e. The molecule has 0 radical (unpaired) electrons. The van der Waals surface area contributed by atoms with Crippen LogP contribution in [0.1, 0.15) is 30.9 Å². The number of hydrogen-bond acceptors (Lipinski definition) is 7. The van der Waals surface area contributed by atoms with Crippen LogP contribution < -0.4 is 0 Å². The van der Waals surface area contributed by atoms with E-state index in [1.165, 1.54) is 21.9 Å². The van der Waals surface area contributed by atoms with Gasteiger partial charge in [-0.15, -0.1) is 0 Å². The highest BCUT2D eigenvalue weighted by atomic mass is 16.6. The van der Waals surface area contributed by atoms with Crippen LogP contribution >= 0.6 is 0 Å². The van der Waals surface area contributed by atoms with Crippen LogP contribution in [0.3, 0.4) is 0 Å². The first-order valence-corrected chi connectivity index (χ1v) is 13.1. The average Bonchev–Trinajstić information content (AvgIpc) is 3.15. The summed E-state index contributed by atoms with van der Waals surface area (Å²) in [5, 5.41) is 2.58. The lowest BCUT2D eigenvalue weighted by Crippen LogP contribution is -2.46. The van der Waals surface area contributed by atoms with Crippen molar-refractivity contribution in [1.82, 2.24) is 4.90 Å². The van der Waals surface area contributed by atoms with Gasteiger partial charge in [0.25, 0.3) is 0 Å². The van der Waals surface area contributed by atoms with E-state index in [4.69, 9.17) is 28.4 Å². The van der Waals surface area contributed by atoms with Gasteiger partial charge < -0.3 is 28.4 Å². The van der Waals surface area contributed by atoms with Gasteiger partial charge in [-0.2, -0.15) is 0 Å². The Morgan fingerprint density at radius 2 is 1.20 bits per heavy atom. The SMILES string of the molecule is CCCC12COCCOCCOCCOCCOCCOCCN1Cc1cc3ccccc3cc12. The van der Waals surface area contributed by atoms with E-state index >= 15 is 0 Å². The van der Waals surface area contributed by atoms with Gasteiger partial charge in [0, 0.05) is 13.1 Å². The quantitative estimate of drug-likeness (QED) is 0.639. The summed E-state index contributed by atoms with van der Waals surface area (Å²) in [5.74, 6) is 0. The zero-order valence-electron chi connectivity index (χ0n) is 21.2.